The van der Waals surface area contributed by atoms with Crippen LogP contribution in [0, 0.1) is 0 Å². The minimum atomic E-state index is -3.77. The zero-order valence-electron chi connectivity index (χ0n) is 18.8. The monoisotopic (exact) mass is 500 g/mol. The van der Waals surface area contributed by atoms with Crippen LogP contribution in [-0.2, 0) is 21.2 Å². The molecule has 0 bridgehead atoms. The van der Waals surface area contributed by atoms with Gasteiger partial charge in [-0.05, 0) is 60.9 Å². The molecule has 1 N–H and O–H groups in total. The van der Waals surface area contributed by atoms with Crippen LogP contribution in [0.3, 0.4) is 0 Å². The number of rotatable bonds is 8. The fraction of sp³-hybridized carbons (Fsp3) is 0.240. The van der Waals surface area contributed by atoms with Crippen molar-refractivity contribution in [3.63, 3.8) is 0 Å². The second-order valence-electron chi connectivity index (χ2n) is 7.90. The number of nitrogens with one attached hydrogen (secondary N) is 1. The van der Waals surface area contributed by atoms with E-state index in [2.05, 4.69) is 5.32 Å². The van der Waals surface area contributed by atoms with E-state index in [0.29, 0.717) is 18.7 Å². The summed E-state index contributed by atoms with van der Waals surface area (Å²) in [6, 6.07) is 18.9. The number of hydrogen-bond acceptors (Lipinski definition) is 5. The van der Waals surface area contributed by atoms with E-state index < -0.39 is 10.0 Å². The summed E-state index contributed by atoms with van der Waals surface area (Å²) < 4.78 is 38.4. The summed E-state index contributed by atoms with van der Waals surface area (Å²) in [4.78, 5) is 12.4. The summed E-state index contributed by atoms with van der Waals surface area (Å²) >= 11 is 6.30. The number of fused-ring (bicyclic) bond motifs is 1. The molecule has 1 atom stereocenters. The van der Waals surface area contributed by atoms with Crippen LogP contribution in [0.4, 0.5) is 5.69 Å². The van der Waals surface area contributed by atoms with Gasteiger partial charge in [-0.2, -0.15) is 0 Å². The highest BCUT2D eigenvalue weighted by Crippen LogP contribution is 2.35. The van der Waals surface area contributed by atoms with E-state index in [9.17, 15) is 13.2 Å². The van der Waals surface area contributed by atoms with Gasteiger partial charge in [0.05, 0.1) is 28.8 Å². The number of carbonyl (C=O) groups excluding carboxylic acids is 1. The van der Waals surface area contributed by atoms with Gasteiger partial charge in [-0.25, -0.2) is 8.42 Å². The molecule has 1 aliphatic rings. The minimum Gasteiger partial charge on any atom is -0.497 e. The first-order valence-corrected chi connectivity index (χ1v) is 12.6. The van der Waals surface area contributed by atoms with E-state index >= 15 is 0 Å². The van der Waals surface area contributed by atoms with Gasteiger partial charge in [0, 0.05) is 6.54 Å². The van der Waals surface area contributed by atoms with Gasteiger partial charge in [0.2, 0.25) is 0 Å². The molecule has 3 aromatic rings. The summed E-state index contributed by atoms with van der Waals surface area (Å²) in [5, 5.41) is 2.97. The van der Waals surface area contributed by atoms with Gasteiger partial charge >= 0.3 is 0 Å². The second-order valence-corrected chi connectivity index (χ2v) is 10.2. The van der Waals surface area contributed by atoms with Gasteiger partial charge in [0.1, 0.15) is 11.5 Å². The third kappa shape index (κ3) is 4.98. The first-order valence-electron chi connectivity index (χ1n) is 10.8. The van der Waals surface area contributed by atoms with Crippen LogP contribution in [0.15, 0.2) is 71.6 Å². The Morgan fingerprint density at radius 1 is 1.12 bits per heavy atom. The molecule has 0 unspecified atom stereocenters. The zero-order chi connectivity index (χ0) is 24.3. The Labute approximate surface area is 204 Å². The fourth-order valence-corrected chi connectivity index (χ4v) is 5.68. The molecular weight excluding hydrogens is 476 g/mol. The van der Waals surface area contributed by atoms with Gasteiger partial charge in [-0.15, -0.1) is 0 Å². The molecule has 0 spiro atoms. The van der Waals surface area contributed by atoms with Crippen molar-refractivity contribution < 1.29 is 22.7 Å². The zero-order valence-corrected chi connectivity index (χ0v) is 20.4. The van der Waals surface area contributed by atoms with Gasteiger partial charge in [0.25, 0.3) is 15.9 Å². The van der Waals surface area contributed by atoms with Gasteiger partial charge in [-0.1, -0.05) is 41.9 Å². The maximum Gasteiger partial charge on any atom is 0.264 e. The lowest BCUT2D eigenvalue weighted by Crippen LogP contribution is -2.31. The Morgan fingerprint density at radius 2 is 1.85 bits per heavy atom. The summed E-state index contributed by atoms with van der Waals surface area (Å²) in [6.07, 6.45) is 0.661. The van der Waals surface area contributed by atoms with Crippen LogP contribution >= 0.6 is 11.6 Å². The maximum absolute atomic E-state index is 13.2. The molecule has 1 heterocycles. The quantitative estimate of drug-likeness (QED) is 0.497. The Hall–Kier alpha value is -3.23. The third-order valence-corrected chi connectivity index (χ3v) is 7.79. The second kappa shape index (κ2) is 9.95. The number of carbonyl (C=O) groups is 1. The Kier molecular flexibility index (Phi) is 7.00. The molecule has 0 aromatic heterocycles. The van der Waals surface area contributed by atoms with Crippen LogP contribution in [0.5, 0.6) is 11.5 Å². The van der Waals surface area contributed by atoms with Crippen molar-refractivity contribution in [1.29, 1.82) is 0 Å². The molecule has 0 radical (unpaired) electrons. The molecule has 0 saturated carbocycles. The lowest BCUT2D eigenvalue weighted by molar-refractivity contribution is -0.123. The number of nitrogens with zero attached hydrogens (tertiary/aromatic N) is 1. The van der Waals surface area contributed by atoms with E-state index in [-0.39, 0.29) is 34.2 Å². The standard InChI is InChI=1S/C25H25ClN2O5S/c1-17(18-7-9-20(32-2)10-8-18)27-25(29)16-33-24-12-11-21(15-22(24)26)34(30,31)28-14-13-19-5-3-4-6-23(19)28/h3-12,15,17H,13-14,16H2,1-2H3,(H,27,29)/t17-/m0/s1. The van der Waals surface area contributed by atoms with E-state index in [0.717, 1.165) is 16.9 Å². The predicted molar refractivity (Wildman–Crippen MR) is 131 cm³/mol. The van der Waals surface area contributed by atoms with Gasteiger partial charge < -0.3 is 14.8 Å². The van der Waals surface area contributed by atoms with Crippen molar-refractivity contribution in [2.24, 2.45) is 0 Å². The topological polar surface area (TPSA) is 84.9 Å². The minimum absolute atomic E-state index is 0.0686. The van der Waals surface area contributed by atoms with Crippen LogP contribution in [0.1, 0.15) is 24.1 Å². The fourth-order valence-electron chi connectivity index (χ4n) is 3.85. The lowest BCUT2D eigenvalue weighted by Gasteiger charge is -2.20. The SMILES string of the molecule is COc1ccc([C@H](C)NC(=O)COc2ccc(S(=O)(=O)N3CCc4ccccc43)cc2Cl)cc1. The lowest BCUT2D eigenvalue weighted by atomic mass is 10.1. The summed E-state index contributed by atoms with van der Waals surface area (Å²) in [6.45, 7) is 1.98. The molecule has 0 aliphatic carbocycles. The van der Waals surface area contributed by atoms with E-state index in [4.69, 9.17) is 21.1 Å². The Bertz CT molecular complexity index is 1290. The molecule has 34 heavy (non-hydrogen) atoms. The number of para-hydroxylation sites is 1. The number of hydrogen-bond donors (Lipinski definition) is 1. The van der Waals surface area contributed by atoms with E-state index in [1.54, 1.807) is 13.2 Å². The number of anilines is 1. The number of halogens is 1. The normalized spacial score (nSPS) is 13.8. The molecule has 1 aliphatic heterocycles. The molecule has 0 saturated heterocycles. The molecule has 7 nitrogen and oxygen atoms in total. The predicted octanol–water partition coefficient (Wildman–Crippen LogP) is 4.36. The third-order valence-electron chi connectivity index (χ3n) is 5.69. The number of methoxy groups -OCH3 is 1. The first-order chi connectivity index (χ1) is 16.3. The molecular formula is C25H25ClN2O5S. The molecule has 1 amide bonds. The van der Waals surface area contributed by atoms with Crippen LogP contribution in [0.2, 0.25) is 5.02 Å². The van der Waals surface area contributed by atoms with Crippen molar-refractivity contribution in [2.45, 2.75) is 24.3 Å². The summed E-state index contributed by atoms with van der Waals surface area (Å²) in [7, 11) is -2.18. The van der Waals surface area contributed by atoms with Crippen molar-refractivity contribution in [3.8, 4) is 11.5 Å². The van der Waals surface area contributed by atoms with Crippen LogP contribution in [-0.4, -0.2) is 34.6 Å². The molecule has 9 heteroatoms. The summed E-state index contributed by atoms with van der Waals surface area (Å²) in [5.41, 5.74) is 2.60. The van der Waals surface area contributed by atoms with Gasteiger partial charge in [-0.3, -0.25) is 9.10 Å². The largest absolute Gasteiger partial charge is 0.497 e. The van der Waals surface area contributed by atoms with Gasteiger partial charge in [0.15, 0.2) is 6.61 Å². The molecule has 0 fully saturated rings. The van der Waals surface area contributed by atoms with Crippen molar-refractivity contribution in [1.82, 2.24) is 5.32 Å². The Balaban J connectivity index is 1.39. The number of amides is 1. The highest BCUT2D eigenvalue weighted by molar-refractivity contribution is 7.92. The van der Waals surface area contributed by atoms with Crippen molar-refractivity contribution >= 4 is 33.2 Å². The van der Waals surface area contributed by atoms with E-state index in [1.807, 2.05) is 49.4 Å². The first kappa shape index (κ1) is 23.9. The smallest absolute Gasteiger partial charge is 0.264 e. The van der Waals surface area contributed by atoms with Crippen molar-refractivity contribution in [3.05, 3.63) is 82.9 Å². The number of sulfonamides is 1. The highest BCUT2D eigenvalue weighted by atomic mass is 35.5. The average molecular weight is 501 g/mol. The molecule has 4 rings (SSSR count). The maximum atomic E-state index is 13.2. The average Bonchev–Trinajstić information content (AvgIpc) is 3.28. The summed E-state index contributed by atoms with van der Waals surface area (Å²) in [5.74, 6) is 0.638. The van der Waals surface area contributed by atoms with E-state index in [1.165, 1.54) is 22.5 Å². The number of benzene rings is 3. The molecule has 3 aromatic carbocycles. The van der Waals surface area contributed by atoms with Crippen LogP contribution in [0.25, 0.3) is 0 Å². The number of ether oxygens (including phenoxy) is 2. The van der Waals surface area contributed by atoms with Crippen LogP contribution < -0.4 is 19.1 Å². The Morgan fingerprint density at radius 3 is 2.56 bits per heavy atom. The van der Waals surface area contributed by atoms with Crippen molar-refractivity contribution in [2.75, 3.05) is 24.6 Å². The molecule has 178 valence electrons. The highest BCUT2D eigenvalue weighted by Gasteiger charge is 2.31.